The lowest BCUT2D eigenvalue weighted by Crippen LogP contribution is -2.51. The van der Waals surface area contributed by atoms with E-state index in [2.05, 4.69) is 15.2 Å². The largest absolute Gasteiger partial charge is 0.387 e. The highest BCUT2D eigenvalue weighted by atomic mass is 127. The third kappa shape index (κ3) is 5.77. The summed E-state index contributed by atoms with van der Waals surface area (Å²) < 4.78 is 0. The van der Waals surface area contributed by atoms with E-state index in [1.807, 2.05) is 0 Å². The first-order valence-electron chi connectivity index (χ1n) is 7.56. The Morgan fingerprint density at radius 3 is 2.95 bits per heavy atom. The minimum absolute atomic E-state index is 0. The molecule has 0 aliphatic carbocycles. The monoisotopic (exact) mass is 442 g/mol. The summed E-state index contributed by atoms with van der Waals surface area (Å²) in [4.78, 5) is 17.6. The number of rotatable bonds is 4. The highest BCUT2D eigenvalue weighted by molar-refractivity contribution is 14.0. The summed E-state index contributed by atoms with van der Waals surface area (Å²) in [5, 5.41) is 13.7. The van der Waals surface area contributed by atoms with Crippen molar-refractivity contribution in [2.75, 3.05) is 38.2 Å². The highest BCUT2D eigenvalue weighted by Gasteiger charge is 2.32. The molecule has 6 nitrogen and oxygen atoms in total. The van der Waals surface area contributed by atoms with Crippen molar-refractivity contribution in [2.45, 2.75) is 31.3 Å². The number of thioether (sulfide) groups is 1. The van der Waals surface area contributed by atoms with E-state index in [-0.39, 0.29) is 29.9 Å². The molecule has 0 aromatic carbocycles. The first kappa shape index (κ1) is 19.8. The molecule has 2 rings (SSSR count). The SMILES string of the molecule is CN=C(NCC1(O)CCSC1)N1CCCC(CC(N)=O)C1.I. The molecule has 0 bridgehead atoms. The number of hydrogen-bond acceptors (Lipinski definition) is 4. The first-order chi connectivity index (χ1) is 10.0. The molecule has 2 atom stereocenters. The van der Waals surface area contributed by atoms with E-state index in [0.29, 0.717) is 18.9 Å². The fourth-order valence-corrected chi connectivity index (χ4v) is 4.32. The van der Waals surface area contributed by atoms with Gasteiger partial charge in [-0.15, -0.1) is 24.0 Å². The standard InChI is InChI=1S/C14H26N4O2S.HI/c1-16-13(17-9-14(20)4-6-21-10-14)18-5-2-3-11(8-18)7-12(15)19;/h11,20H,2-10H2,1H3,(H2,15,19)(H,16,17);1H. The van der Waals surface area contributed by atoms with Crippen molar-refractivity contribution in [3.8, 4) is 0 Å². The van der Waals surface area contributed by atoms with E-state index in [4.69, 9.17) is 5.73 Å². The molecule has 0 saturated carbocycles. The summed E-state index contributed by atoms with van der Waals surface area (Å²) in [7, 11) is 1.76. The number of carbonyl (C=O) groups is 1. The van der Waals surface area contributed by atoms with Crippen LogP contribution in [0.1, 0.15) is 25.7 Å². The van der Waals surface area contributed by atoms with Crippen molar-refractivity contribution >= 4 is 47.6 Å². The molecule has 128 valence electrons. The number of halogens is 1. The number of piperidine rings is 1. The van der Waals surface area contributed by atoms with Crippen LogP contribution >= 0.6 is 35.7 Å². The van der Waals surface area contributed by atoms with Crippen molar-refractivity contribution in [3.63, 3.8) is 0 Å². The van der Waals surface area contributed by atoms with Gasteiger partial charge in [0.2, 0.25) is 5.91 Å². The maximum absolute atomic E-state index is 11.1. The molecule has 2 fully saturated rings. The minimum Gasteiger partial charge on any atom is -0.387 e. The molecule has 0 radical (unpaired) electrons. The molecule has 2 aliphatic rings. The smallest absolute Gasteiger partial charge is 0.217 e. The summed E-state index contributed by atoms with van der Waals surface area (Å²) >= 11 is 1.79. The number of amides is 1. The van der Waals surface area contributed by atoms with E-state index < -0.39 is 5.60 Å². The molecule has 2 aliphatic heterocycles. The number of nitrogens with one attached hydrogen (secondary N) is 1. The van der Waals surface area contributed by atoms with Gasteiger partial charge in [0.05, 0.1) is 5.60 Å². The Balaban J connectivity index is 0.00000242. The van der Waals surface area contributed by atoms with Crippen LogP contribution in [0.25, 0.3) is 0 Å². The summed E-state index contributed by atoms with van der Waals surface area (Å²) in [5.74, 6) is 2.68. The number of likely N-dealkylation sites (tertiary alicyclic amines) is 1. The Hall–Kier alpha value is -0.220. The third-order valence-electron chi connectivity index (χ3n) is 4.18. The lowest BCUT2D eigenvalue weighted by molar-refractivity contribution is -0.119. The van der Waals surface area contributed by atoms with E-state index >= 15 is 0 Å². The quantitative estimate of drug-likeness (QED) is 0.338. The van der Waals surface area contributed by atoms with Crippen molar-refractivity contribution in [2.24, 2.45) is 16.6 Å². The van der Waals surface area contributed by atoms with E-state index in [1.54, 1.807) is 18.8 Å². The Kier molecular flexibility index (Phi) is 8.26. The van der Waals surface area contributed by atoms with Crippen molar-refractivity contribution in [1.29, 1.82) is 0 Å². The summed E-state index contributed by atoms with van der Waals surface area (Å²) in [6, 6.07) is 0. The molecule has 0 aromatic heterocycles. The normalized spacial score (nSPS) is 29.1. The van der Waals surface area contributed by atoms with Crippen LogP contribution < -0.4 is 11.1 Å². The number of nitrogens with zero attached hydrogens (tertiary/aromatic N) is 2. The predicted molar refractivity (Wildman–Crippen MR) is 102 cm³/mol. The van der Waals surface area contributed by atoms with Gasteiger partial charge in [0, 0.05) is 38.9 Å². The molecule has 0 aromatic rings. The maximum Gasteiger partial charge on any atom is 0.217 e. The van der Waals surface area contributed by atoms with Crippen molar-refractivity contribution in [3.05, 3.63) is 0 Å². The number of aliphatic hydroxyl groups is 1. The molecule has 2 heterocycles. The average Bonchev–Trinajstić information content (AvgIpc) is 2.86. The van der Waals surface area contributed by atoms with Gasteiger partial charge in [-0.2, -0.15) is 11.8 Å². The number of primary amides is 1. The molecule has 8 heteroatoms. The molecule has 22 heavy (non-hydrogen) atoms. The molecule has 4 N–H and O–H groups in total. The fraction of sp³-hybridized carbons (Fsp3) is 0.857. The van der Waals surface area contributed by atoms with Crippen LogP contribution in [0.3, 0.4) is 0 Å². The van der Waals surface area contributed by atoms with Crippen LogP contribution in [-0.2, 0) is 4.79 Å². The fourth-order valence-electron chi connectivity index (χ4n) is 3.02. The van der Waals surface area contributed by atoms with Crippen LogP contribution in [0.2, 0.25) is 0 Å². The molecular weight excluding hydrogens is 415 g/mol. The second kappa shape index (κ2) is 9.17. The first-order valence-corrected chi connectivity index (χ1v) is 8.72. The van der Waals surface area contributed by atoms with Gasteiger partial charge in [-0.25, -0.2) is 0 Å². The van der Waals surface area contributed by atoms with Gasteiger partial charge in [0.25, 0.3) is 0 Å². The number of aliphatic imine (C=N–C) groups is 1. The Bertz CT molecular complexity index is 402. The number of nitrogens with two attached hydrogens (primary N) is 1. The summed E-state index contributed by atoms with van der Waals surface area (Å²) in [5.41, 5.74) is 4.68. The van der Waals surface area contributed by atoms with E-state index in [1.165, 1.54) is 0 Å². The molecule has 2 unspecified atom stereocenters. The third-order valence-corrected chi connectivity index (χ3v) is 5.41. The van der Waals surface area contributed by atoms with Gasteiger partial charge < -0.3 is 21.1 Å². The molecular formula is C14H27IN4O2S. The van der Waals surface area contributed by atoms with Gasteiger partial charge in [-0.3, -0.25) is 9.79 Å². The van der Waals surface area contributed by atoms with E-state index in [0.717, 1.165) is 49.8 Å². The van der Waals surface area contributed by atoms with Gasteiger partial charge in [0.1, 0.15) is 0 Å². The maximum atomic E-state index is 11.1. The zero-order valence-corrected chi connectivity index (χ0v) is 16.2. The number of guanidine groups is 1. The second-order valence-electron chi connectivity index (χ2n) is 6.05. The zero-order valence-electron chi connectivity index (χ0n) is 13.1. The van der Waals surface area contributed by atoms with Crippen LogP contribution in [-0.4, -0.2) is 65.7 Å². The highest BCUT2D eigenvalue weighted by Crippen LogP contribution is 2.27. The van der Waals surface area contributed by atoms with Gasteiger partial charge >= 0.3 is 0 Å². The zero-order chi connectivity index (χ0) is 15.3. The van der Waals surface area contributed by atoms with Gasteiger partial charge in [-0.05, 0) is 30.9 Å². The lowest BCUT2D eigenvalue weighted by Gasteiger charge is -2.35. The number of carbonyl (C=O) groups excluding carboxylic acids is 1. The van der Waals surface area contributed by atoms with Crippen LogP contribution in [0.5, 0.6) is 0 Å². The average molecular weight is 442 g/mol. The van der Waals surface area contributed by atoms with Crippen LogP contribution in [0, 0.1) is 5.92 Å². The van der Waals surface area contributed by atoms with Crippen LogP contribution in [0.15, 0.2) is 4.99 Å². The molecule has 1 amide bonds. The molecule has 2 saturated heterocycles. The van der Waals surface area contributed by atoms with E-state index in [9.17, 15) is 9.90 Å². The van der Waals surface area contributed by atoms with Crippen LogP contribution in [0.4, 0.5) is 0 Å². The second-order valence-corrected chi connectivity index (χ2v) is 7.16. The lowest BCUT2D eigenvalue weighted by atomic mass is 9.95. The summed E-state index contributed by atoms with van der Waals surface area (Å²) in [6.45, 7) is 2.27. The van der Waals surface area contributed by atoms with Gasteiger partial charge in [0.15, 0.2) is 5.96 Å². The molecule has 0 spiro atoms. The minimum atomic E-state index is -0.622. The Morgan fingerprint density at radius 2 is 2.36 bits per heavy atom. The number of hydrogen-bond donors (Lipinski definition) is 3. The predicted octanol–water partition coefficient (Wildman–Crippen LogP) is 0.635. The topological polar surface area (TPSA) is 91.0 Å². The Labute approximate surface area is 153 Å². The van der Waals surface area contributed by atoms with Crippen molar-refractivity contribution in [1.82, 2.24) is 10.2 Å². The van der Waals surface area contributed by atoms with Gasteiger partial charge in [-0.1, -0.05) is 0 Å². The Morgan fingerprint density at radius 1 is 1.59 bits per heavy atom. The van der Waals surface area contributed by atoms with Crippen molar-refractivity contribution < 1.29 is 9.90 Å². The summed E-state index contributed by atoms with van der Waals surface area (Å²) in [6.07, 6.45) is 3.34.